The Morgan fingerprint density at radius 3 is 2.05 bits per heavy atom. The number of aromatic nitrogens is 1. The van der Waals surface area contributed by atoms with Crippen LogP contribution < -0.4 is 5.30 Å². The van der Waals surface area contributed by atoms with Crippen molar-refractivity contribution in [1.29, 1.82) is 0 Å². The maximum absolute atomic E-state index is 12.2. The molecule has 0 aliphatic carbocycles. The van der Waals surface area contributed by atoms with E-state index in [0.717, 1.165) is 0 Å². The Balaban J connectivity index is 2.16. The van der Waals surface area contributed by atoms with Crippen LogP contribution in [0.25, 0.3) is 5.69 Å². The SMILES string of the molecule is CC1(C)CC(=O)CC(C)(C)P1c1ccccc1-n1cccc1. The number of hydrogen-bond acceptors (Lipinski definition) is 1. The molecule has 1 aromatic heterocycles. The number of carbonyl (C=O) groups excluding carboxylic acids is 1. The molecule has 1 aliphatic heterocycles. The molecule has 3 heteroatoms. The number of para-hydroxylation sites is 1. The third kappa shape index (κ3) is 2.65. The van der Waals surface area contributed by atoms with E-state index in [9.17, 15) is 4.79 Å². The van der Waals surface area contributed by atoms with E-state index in [1.807, 2.05) is 0 Å². The number of hydrogen-bond donors (Lipinski definition) is 0. The number of carbonyl (C=O) groups is 1. The van der Waals surface area contributed by atoms with Crippen molar-refractivity contribution in [3.63, 3.8) is 0 Å². The van der Waals surface area contributed by atoms with Gasteiger partial charge in [-0.3, -0.25) is 4.79 Å². The van der Waals surface area contributed by atoms with Gasteiger partial charge in [-0.05, 0) is 28.5 Å². The highest BCUT2D eigenvalue weighted by Gasteiger charge is 2.48. The van der Waals surface area contributed by atoms with Gasteiger partial charge in [0.15, 0.2) is 0 Å². The molecule has 0 atom stereocenters. The highest BCUT2D eigenvalue weighted by atomic mass is 31.1. The van der Waals surface area contributed by atoms with Crippen LogP contribution in [0.15, 0.2) is 48.8 Å². The van der Waals surface area contributed by atoms with Crippen molar-refractivity contribution >= 4 is 19.0 Å². The zero-order chi connectivity index (χ0) is 16.0. The number of ketones is 1. The summed E-state index contributed by atoms with van der Waals surface area (Å²) in [5, 5.41) is 1.49. The van der Waals surface area contributed by atoms with Crippen LogP contribution in [0.5, 0.6) is 0 Å². The van der Waals surface area contributed by atoms with Crippen LogP contribution in [-0.4, -0.2) is 20.7 Å². The molecule has 0 spiro atoms. The van der Waals surface area contributed by atoms with Gasteiger partial charge in [-0.25, -0.2) is 0 Å². The number of benzene rings is 1. The Hall–Kier alpha value is -1.40. The molecular weight excluding hydrogens is 289 g/mol. The minimum atomic E-state index is -0.447. The van der Waals surface area contributed by atoms with Crippen LogP contribution >= 0.6 is 7.92 Å². The lowest BCUT2D eigenvalue weighted by molar-refractivity contribution is -0.120. The number of Topliss-reactive ketones (excluding diaryl/α,β-unsaturated/α-hetero) is 1. The molecule has 3 rings (SSSR count). The molecule has 2 nitrogen and oxygen atoms in total. The van der Waals surface area contributed by atoms with Gasteiger partial charge in [0.2, 0.25) is 0 Å². The molecule has 0 N–H and O–H groups in total. The molecule has 22 heavy (non-hydrogen) atoms. The largest absolute Gasteiger partial charge is 0.323 e. The first-order chi connectivity index (χ1) is 10.3. The summed E-state index contributed by atoms with van der Waals surface area (Å²) in [6.07, 6.45) is 5.59. The van der Waals surface area contributed by atoms with Crippen molar-refractivity contribution in [2.24, 2.45) is 0 Å². The van der Waals surface area contributed by atoms with E-state index in [0.29, 0.717) is 18.6 Å². The van der Waals surface area contributed by atoms with E-state index in [4.69, 9.17) is 0 Å². The molecule has 0 radical (unpaired) electrons. The topological polar surface area (TPSA) is 22.0 Å². The standard InChI is InChI=1S/C19H24NOP/c1-18(2)13-15(21)14-19(3,4)22(18)17-10-6-5-9-16(17)20-11-7-8-12-20/h5-12H,13-14H2,1-4H3. The molecule has 2 heterocycles. The van der Waals surface area contributed by atoms with E-state index in [1.165, 1.54) is 11.0 Å². The highest BCUT2D eigenvalue weighted by molar-refractivity contribution is 7.69. The van der Waals surface area contributed by atoms with E-state index >= 15 is 0 Å². The van der Waals surface area contributed by atoms with Crippen LogP contribution in [-0.2, 0) is 4.79 Å². The first-order valence-corrected chi connectivity index (χ1v) is 9.20. The summed E-state index contributed by atoms with van der Waals surface area (Å²) < 4.78 is 2.19. The second-order valence-corrected chi connectivity index (χ2v) is 11.0. The predicted molar refractivity (Wildman–Crippen MR) is 94.7 cm³/mol. The fourth-order valence-corrected chi connectivity index (χ4v) is 8.29. The third-order valence-corrected chi connectivity index (χ3v) is 8.07. The van der Waals surface area contributed by atoms with Crippen molar-refractivity contribution in [3.8, 4) is 5.69 Å². The molecule has 1 aliphatic rings. The van der Waals surface area contributed by atoms with Crippen molar-refractivity contribution in [3.05, 3.63) is 48.8 Å². The second-order valence-electron chi connectivity index (χ2n) is 7.43. The van der Waals surface area contributed by atoms with E-state index < -0.39 is 7.92 Å². The van der Waals surface area contributed by atoms with Crippen LogP contribution in [0, 0.1) is 0 Å². The zero-order valence-electron chi connectivity index (χ0n) is 13.8. The maximum atomic E-state index is 12.2. The molecule has 0 bridgehead atoms. The van der Waals surface area contributed by atoms with Crippen molar-refractivity contribution < 1.29 is 4.79 Å². The smallest absolute Gasteiger partial charge is 0.134 e. The molecule has 116 valence electrons. The van der Waals surface area contributed by atoms with E-state index in [2.05, 4.69) is 81.1 Å². The van der Waals surface area contributed by atoms with Gasteiger partial charge in [0, 0.05) is 30.5 Å². The third-order valence-electron chi connectivity index (χ3n) is 4.48. The monoisotopic (exact) mass is 313 g/mol. The molecule has 1 fully saturated rings. The minimum Gasteiger partial charge on any atom is -0.323 e. The average Bonchev–Trinajstić information content (AvgIpc) is 2.89. The predicted octanol–water partition coefficient (Wildman–Crippen LogP) is 4.50. The van der Waals surface area contributed by atoms with Gasteiger partial charge in [0.1, 0.15) is 5.78 Å². The van der Waals surface area contributed by atoms with Gasteiger partial charge >= 0.3 is 0 Å². The Labute approximate surface area is 134 Å². The van der Waals surface area contributed by atoms with Gasteiger partial charge in [0.05, 0.1) is 5.69 Å². The van der Waals surface area contributed by atoms with E-state index in [-0.39, 0.29) is 10.3 Å². The summed E-state index contributed by atoms with van der Waals surface area (Å²) in [5.41, 5.74) is 1.26. The zero-order valence-corrected chi connectivity index (χ0v) is 14.7. The molecule has 0 unspecified atom stereocenters. The average molecular weight is 313 g/mol. The fraction of sp³-hybridized carbons (Fsp3) is 0.421. The Morgan fingerprint density at radius 2 is 1.45 bits per heavy atom. The Morgan fingerprint density at radius 1 is 0.909 bits per heavy atom. The summed E-state index contributed by atoms with van der Waals surface area (Å²) >= 11 is 0. The molecule has 1 aromatic carbocycles. The fourth-order valence-electron chi connectivity index (χ4n) is 4.02. The lowest BCUT2D eigenvalue weighted by Gasteiger charge is -2.49. The lowest BCUT2D eigenvalue weighted by Crippen LogP contribution is -2.43. The van der Waals surface area contributed by atoms with Gasteiger partial charge in [-0.15, -0.1) is 0 Å². The van der Waals surface area contributed by atoms with Crippen LogP contribution in [0.4, 0.5) is 0 Å². The van der Waals surface area contributed by atoms with Gasteiger partial charge in [-0.2, -0.15) is 0 Å². The maximum Gasteiger partial charge on any atom is 0.134 e. The lowest BCUT2D eigenvalue weighted by atomic mass is 9.96. The van der Waals surface area contributed by atoms with Crippen LogP contribution in [0.2, 0.25) is 0 Å². The van der Waals surface area contributed by atoms with Gasteiger partial charge in [-0.1, -0.05) is 53.8 Å². The Kier molecular flexibility index (Phi) is 3.77. The summed E-state index contributed by atoms with van der Waals surface area (Å²) in [6, 6.07) is 12.8. The number of nitrogens with zero attached hydrogens (tertiary/aromatic N) is 1. The molecule has 0 saturated carbocycles. The minimum absolute atomic E-state index is 0.0391. The normalized spacial score (nSPS) is 21.0. The molecular formula is C19H24NOP. The first-order valence-electron chi connectivity index (χ1n) is 7.86. The van der Waals surface area contributed by atoms with E-state index in [1.54, 1.807) is 0 Å². The van der Waals surface area contributed by atoms with Crippen LogP contribution in [0.1, 0.15) is 40.5 Å². The van der Waals surface area contributed by atoms with Gasteiger partial charge < -0.3 is 4.57 Å². The summed E-state index contributed by atoms with van der Waals surface area (Å²) in [4.78, 5) is 12.2. The summed E-state index contributed by atoms with van der Waals surface area (Å²) in [5.74, 6) is 0.409. The van der Waals surface area contributed by atoms with Crippen molar-refractivity contribution in [2.45, 2.75) is 50.8 Å². The van der Waals surface area contributed by atoms with Crippen molar-refractivity contribution in [1.82, 2.24) is 4.57 Å². The van der Waals surface area contributed by atoms with Crippen LogP contribution in [0.3, 0.4) is 0 Å². The van der Waals surface area contributed by atoms with Gasteiger partial charge in [0.25, 0.3) is 0 Å². The summed E-state index contributed by atoms with van der Waals surface area (Å²) in [7, 11) is -0.447. The number of rotatable bonds is 2. The Bertz CT molecular complexity index is 665. The van der Waals surface area contributed by atoms with Crippen molar-refractivity contribution in [2.75, 3.05) is 0 Å². The molecule has 0 amide bonds. The second kappa shape index (κ2) is 5.35. The molecule has 1 saturated heterocycles. The summed E-state index contributed by atoms with van der Waals surface area (Å²) in [6.45, 7) is 9.07. The quantitative estimate of drug-likeness (QED) is 0.748. The molecule has 2 aromatic rings. The highest BCUT2D eigenvalue weighted by Crippen LogP contribution is 2.64. The first kappa shape index (κ1) is 15.5.